The maximum absolute atomic E-state index is 14.6. The molecule has 0 radical (unpaired) electrons. The number of hydrogen-bond donors (Lipinski definition) is 1. The van der Waals surface area contributed by atoms with Crippen LogP contribution in [0.5, 0.6) is 5.75 Å². The topological polar surface area (TPSA) is 84.9 Å². The van der Waals surface area contributed by atoms with Gasteiger partial charge in [-0.3, -0.25) is 9.59 Å². The number of aromatic nitrogens is 3. The molecular weight excluding hydrogens is 356 g/mol. The molecule has 0 unspecified atom stereocenters. The zero-order chi connectivity index (χ0) is 19.9. The number of fused-ring (bicyclic) bond motifs is 1. The molecule has 0 fully saturated rings. The Morgan fingerprint density at radius 1 is 1.07 bits per heavy atom. The molecule has 0 spiro atoms. The molecule has 3 rings (SSSR count). The second kappa shape index (κ2) is 6.53. The molecule has 1 N–H and O–H groups in total. The molecule has 0 aliphatic heterocycles. The van der Waals surface area contributed by atoms with Gasteiger partial charge in [-0.15, -0.1) is 0 Å². The number of esters is 1. The van der Waals surface area contributed by atoms with Crippen molar-refractivity contribution in [2.45, 2.75) is 27.7 Å². The summed E-state index contributed by atoms with van der Waals surface area (Å²) in [5.41, 5.74) is -2.23. The van der Waals surface area contributed by atoms with Crippen LogP contribution in [0.3, 0.4) is 0 Å². The SMILES string of the molecule is Cc1c(F)ccc(F)c1-c1c(OC(=O)C(C)(C)C)c2nccnc2[nH]c1=O. The maximum atomic E-state index is 14.6. The van der Waals surface area contributed by atoms with Gasteiger partial charge in [0, 0.05) is 18.0 Å². The molecule has 1 aromatic carbocycles. The third-order valence-corrected chi connectivity index (χ3v) is 4.00. The highest BCUT2D eigenvalue weighted by Gasteiger charge is 2.29. The van der Waals surface area contributed by atoms with Crippen LogP contribution in [0.1, 0.15) is 26.3 Å². The van der Waals surface area contributed by atoms with Crippen molar-refractivity contribution in [3.8, 4) is 16.9 Å². The summed E-state index contributed by atoms with van der Waals surface area (Å²) in [6.45, 7) is 6.22. The van der Waals surface area contributed by atoms with Crippen LogP contribution in [0.15, 0.2) is 29.3 Å². The average Bonchev–Trinajstić information content (AvgIpc) is 2.59. The summed E-state index contributed by atoms with van der Waals surface area (Å²) in [5.74, 6) is -2.43. The molecule has 0 aliphatic rings. The summed E-state index contributed by atoms with van der Waals surface area (Å²) in [4.78, 5) is 35.7. The monoisotopic (exact) mass is 373 g/mol. The Morgan fingerprint density at radius 3 is 2.37 bits per heavy atom. The summed E-state index contributed by atoms with van der Waals surface area (Å²) in [6, 6.07) is 1.87. The van der Waals surface area contributed by atoms with Crippen LogP contribution in [0.2, 0.25) is 0 Å². The number of pyridine rings is 1. The second-order valence-electron chi connectivity index (χ2n) is 7.08. The third-order valence-electron chi connectivity index (χ3n) is 4.00. The van der Waals surface area contributed by atoms with Crippen LogP contribution in [-0.2, 0) is 4.79 Å². The molecule has 8 heteroatoms. The van der Waals surface area contributed by atoms with E-state index < -0.39 is 28.6 Å². The van der Waals surface area contributed by atoms with Crippen molar-refractivity contribution in [2.24, 2.45) is 5.41 Å². The predicted molar refractivity (Wildman–Crippen MR) is 95.3 cm³/mol. The van der Waals surface area contributed by atoms with Crippen molar-refractivity contribution < 1.29 is 18.3 Å². The van der Waals surface area contributed by atoms with Crippen LogP contribution in [0.25, 0.3) is 22.3 Å². The van der Waals surface area contributed by atoms with E-state index in [1.165, 1.54) is 19.3 Å². The zero-order valence-corrected chi connectivity index (χ0v) is 15.2. The molecule has 0 amide bonds. The molecule has 2 aromatic heterocycles. The van der Waals surface area contributed by atoms with Crippen molar-refractivity contribution in [3.63, 3.8) is 0 Å². The van der Waals surface area contributed by atoms with Crippen molar-refractivity contribution in [1.82, 2.24) is 15.0 Å². The van der Waals surface area contributed by atoms with Crippen molar-refractivity contribution in [2.75, 3.05) is 0 Å². The summed E-state index contributed by atoms with van der Waals surface area (Å²) in [5, 5.41) is 0. The van der Waals surface area contributed by atoms with Gasteiger partial charge >= 0.3 is 5.97 Å². The lowest BCUT2D eigenvalue weighted by molar-refractivity contribution is -0.142. The Hall–Kier alpha value is -3.16. The van der Waals surface area contributed by atoms with Gasteiger partial charge in [0.2, 0.25) is 0 Å². The Bertz CT molecular complexity index is 1120. The Labute approximate surface area is 153 Å². The molecule has 0 atom stereocenters. The fourth-order valence-electron chi connectivity index (χ4n) is 2.52. The minimum atomic E-state index is -0.899. The zero-order valence-electron chi connectivity index (χ0n) is 15.2. The first-order valence-electron chi connectivity index (χ1n) is 8.15. The lowest BCUT2D eigenvalue weighted by Gasteiger charge is -2.19. The standard InChI is InChI=1S/C19H17F2N3O3/c1-9-10(20)5-6-11(21)12(9)13-15(27-18(26)19(2,3)4)14-16(24-17(13)25)23-8-7-22-14/h5-8H,1-4H3,(H,23,24,25). The highest BCUT2D eigenvalue weighted by atomic mass is 19.1. The van der Waals surface area contributed by atoms with E-state index >= 15 is 0 Å². The van der Waals surface area contributed by atoms with E-state index in [9.17, 15) is 18.4 Å². The molecule has 0 saturated heterocycles. The largest absolute Gasteiger partial charge is 0.423 e. The van der Waals surface area contributed by atoms with Gasteiger partial charge in [-0.1, -0.05) is 0 Å². The Morgan fingerprint density at radius 2 is 1.70 bits per heavy atom. The number of halogens is 2. The van der Waals surface area contributed by atoms with Crippen molar-refractivity contribution in [3.05, 3.63) is 52.1 Å². The number of hydrogen-bond acceptors (Lipinski definition) is 5. The summed E-state index contributed by atoms with van der Waals surface area (Å²) in [6.07, 6.45) is 2.69. The van der Waals surface area contributed by atoms with E-state index in [1.807, 2.05) is 0 Å². The van der Waals surface area contributed by atoms with E-state index in [0.717, 1.165) is 12.1 Å². The molecule has 0 aliphatic carbocycles. The average molecular weight is 373 g/mol. The molecule has 3 aromatic rings. The first kappa shape index (κ1) is 18.6. The van der Waals surface area contributed by atoms with Gasteiger partial charge in [-0.25, -0.2) is 18.7 Å². The number of nitrogens with zero attached hydrogens (tertiary/aromatic N) is 2. The highest BCUT2D eigenvalue weighted by Crippen LogP contribution is 2.36. The summed E-state index contributed by atoms with van der Waals surface area (Å²) in [7, 11) is 0. The van der Waals surface area contributed by atoms with Gasteiger partial charge < -0.3 is 9.72 Å². The van der Waals surface area contributed by atoms with Gasteiger partial charge in [0.15, 0.2) is 11.4 Å². The number of carbonyl (C=O) groups is 1. The normalized spacial score (nSPS) is 11.6. The number of benzene rings is 1. The highest BCUT2D eigenvalue weighted by molar-refractivity contribution is 5.91. The minimum Gasteiger partial charge on any atom is -0.423 e. The van der Waals surface area contributed by atoms with Crippen LogP contribution in [-0.4, -0.2) is 20.9 Å². The fraction of sp³-hybridized carbons (Fsp3) is 0.263. The molecule has 0 saturated carbocycles. The van der Waals surface area contributed by atoms with Crippen molar-refractivity contribution >= 4 is 17.1 Å². The van der Waals surface area contributed by atoms with Gasteiger partial charge in [-0.2, -0.15) is 0 Å². The minimum absolute atomic E-state index is 0.0627. The maximum Gasteiger partial charge on any atom is 0.316 e. The second-order valence-corrected chi connectivity index (χ2v) is 7.08. The molecule has 0 bridgehead atoms. The van der Waals surface area contributed by atoms with E-state index in [2.05, 4.69) is 15.0 Å². The quantitative estimate of drug-likeness (QED) is 0.695. The third kappa shape index (κ3) is 3.30. The molecule has 140 valence electrons. The van der Waals surface area contributed by atoms with Crippen LogP contribution in [0.4, 0.5) is 8.78 Å². The molecule has 2 heterocycles. The Kier molecular flexibility index (Phi) is 4.51. The van der Waals surface area contributed by atoms with E-state index in [0.29, 0.717) is 0 Å². The van der Waals surface area contributed by atoms with Crippen molar-refractivity contribution in [1.29, 1.82) is 0 Å². The van der Waals surface area contributed by atoms with Gasteiger partial charge in [0.05, 0.1) is 11.0 Å². The fourth-order valence-corrected chi connectivity index (χ4v) is 2.52. The van der Waals surface area contributed by atoms with Gasteiger partial charge in [0.25, 0.3) is 5.56 Å². The number of H-pyrrole nitrogens is 1. The number of aromatic amines is 1. The van der Waals surface area contributed by atoms with Gasteiger partial charge in [-0.05, 0) is 45.4 Å². The van der Waals surface area contributed by atoms with Crippen LogP contribution in [0, 0.1) is 24.0 Å². The Balaban J connectivity index is 2.42. The molecule has 6 nitrogen and oxygen atoms in total. The van der Waals surface area contributed by atoms with E-state index in [4.69, 9.17) is 4.74 Å². The predicted octanol–water partition coefficient (Wildman–Crippen LogP) is 3.52. The number of rotatable bonds is 2. The number of carbonyl (C=O) groups excluding carboxylic acids is 1. The molecule has 27 heavy (non-hydrogen) atoms. The first-order chi connectivity index (χ1) is 12.6. The van der Waals surface area contributed by atoms with Gasteiger partial charge in [0.1, 0.15) is 17.2 Å². The van der Waals surface area contributed by atoms with Crippen LogP contribution >= 0.6 is 0 Å². The van der Waals surface area contributed by atoms with Crippen LogP contribution < -0.4 is 10.3 Å². The summed E-state index contributed by atoms with van der Waals surface area (Å²) >= 11 is 0. The van der Waals surface area contributed by atoms with E-state index in [1.54, 1.807) is 20.8 Å². The lowest BCUT2D eigenvalue weighted by atomic mass is 9.96. The van der Waals surface area contributed by atoms with E-state index in [-0.39, 0.29) is 33.6 Å². The number of ether oxygens (including phenoxy) is 1. The summed E-state index contributed by atoms with van der Waals surface area (Å²) < 4.78 is 34.1. The molecular formula is C19H17F2N3O3. The smallest absolute Gasteiger partial charge is 0.316 e. The number of nitrogens with one attached hydrogen (secondary N) is 1. The lowest BCUT2D eigenvalue weighted by Crippen LogP contribution is -2.27. The first-order valence-corrected chi connectivity index (χ1v) is 8.15.